The van der Waals surface area contributed by atoms with Crippen molar-refractivity contribution in [3.05, 3.63) is 41.5 Å². The molecule has 2 aromatic rings. The van der Waals surface area contributed by atoms with E-state index in [2.05, 4.69) is 9.97 Å². The van der Waals surface area contributed by atoms with Crippen LogP contribution in [0.1, 0.15) is 31.2 Å². The van der Waals surface area contributed by atoms with Gasteiger partial charge in [0.25, 0.3) is 0 Å². The van der Waals surface area contributed by atoms with E-state index in [0.29, 0.717) is 28.5 Å². The van der Waals surface area contributed by atoms with Crippen molar-refractivity contribution in [2.75, 3.05) is 5.73 Å². The average Bonchev–Trinajstić information content (AvgIpc) is 2.33. The van der Waals surface area contributed by atoms with E-state index < -0.39 is 0 Å². The maximum atomic E-state index is 13.8. The van der Waals surface area contributed by atoms with Crippen LogP contribution in [0, 0.1) is 12.7 Å². The zero-order chi connectivity index (χ0) is 13.3. The summed E-state index contributed by atoms with van der Waals surface area (Å²) in [4.78, 5) is 8.66. The fourth-order valence-corrected chi connectivity index (χ4v) is 1.73. The first-order valence-corrected chi connectivity index (χ1v) is 5.89. The van der Waals surface area contributed by atoms with Crippen molar-refractivity contribution in [1.29, 1.82) is 0 Å². The summed E-state index contributed by atoms with van der Waals surface area (Å²) in [5, 5.41) is 0. The lowest BCUT2D eigenvalue weighted by Crippen LogP contribution is -2.06. The highest BCUT2D eigenvalue weighted by atomic mass is 19.1. The highest BCUT2D eigenvalue weighted by Gasteiger charge is 2.15. The van der Waals surface area contributed by atoms with Crippen molar-refractivity contribution in [3.63, 3.8) is 0 Å². The van der Waals surface area contributed by atoms with Gasteiger partial charge >= 0.3 is 0 Å². The maximum absolute atomic E-state index is 13.8. The Hall–Kier alpha value is -1.97. The predicted molar refractivity (Wildman–Crippen MR) is 70.7 cm³/mol. The number of nitrogens with zero attached hydrogens (tertiary/aromatic N) is 2. The Morgan fingerprint density at radius 2 is 1.83 bits per heavy atom. The Morgan fingerprint density at radius 3 is 2.44 bits per heavy atom. The Kier molecular flexibility index (Phi) is 3.28. The van der Waals surface area contributed by atoms with Gasteiger partial charge in [-0.1, -0.05) is 26.0 Å². The first-order chi connectivity index (χ1) is 8.50. The van der Waals surface area contributed by atoms with E-state index in [1.165, 1.54) is 6.07 Å². The molecule has 0 aliphatic rings. The van der Waals surface area contributed by atoms with E-state index in [-0.39, 0.29) is 11.7 Å². The molecule has 0 atom stereocenters. The van der Waals surface area contributed by atoms with E-state index in [0.717, 1.165) is 0 Å². The Balaban J connectivity index is 2.67. The highest BCUT2D eigenvalue weighted by Crippen LogP contribution is 2.27. The molecule has 0 amide bonds. The minimum Gasteiger partial charge on any atom is -0.383 e. The van der Waals surface area contributed by atoms with Crippen LogP contribution in [0.25, 0.3) is 11.3 Å². The first kappa shape index (κ1) is 12.5. The summed E-state index contributed by atoms with van der Waals surface area (Å²) in [5.41, 5.74) is 7.62. The summed E-state index contributed by atoms with van der Waals surface area (Å²) in [5.74, 6) is 0.898. The standard InChI is InChI=1S/C14H16FN3/c1-8(2)14-17-12(9(3)13(16)18-14)10-6-4-5-7-11(10)15/h4-8H,1-3H3,(H2,16,17,18). The molecule has 2 rings (SSSR count). The molecule has 1 aromatic heterocycles. The topological polar surface area (TPSA) is 51.8 Å². The van der Waals surface area contributed by atoms with E-state index in [1.807, 2.05) is 13.8 Å². The van der Waals surface area contributed by atoms with Gasteiger partial charge in [0.1, 0.15) is 17.5 Å². The third-order valence-electron chi connectivity index (χ3n) is 2.85. The summed E-state index contributed by atoms with van der Waals surface area (Å²) in [6, 6.07) is 6.56. The lowest BCUT2D eigenvalue weighted by Gasteiger charge is -2.12. The lowest BCUT2D eigenvalue weighted by molar-refractivity contribution is 0.630. The molecule has 0 spiro atoms. The van der Waals surface area contributed by atoms with Gasteiger partial charge in [0.15, 0.2) is 0 Å². The van der Waals surface area contributed by atoms with Gasteiger partial charge in [-0.05, 0) is 19.1 Å². The van der Waals surface area contributed by atoms with Crippen LogP contribution >= 0.6 is 0 Å². The molecule has 3 nitrogen and oxygen atoms in total. The number of anilines is 1. The van der Waals surface area contributed by atoms with Gasteiger partial charge in [0.2, 0.25) is 0 Å². The van der Waals surface area contributed by atoms with Crippen molar-refractivity contribution in [2.45, 2.75) is 26.7 Å². The molecule has 1 aromatic carbocycles. The van der Waals surface area contributed by atoms with E-state index in [4.69, 9.17) is 5.73 Å². The molecular formula is C14H16FN3. The Morgan fingerprint density at radius 1 is 1.17 bits per heavy atom. The molecule has 18 heavy (non-hydrogen) atoms. The van der Waals surface area contributed by atoms with E-state index in [9.17, 15) is 4.39 Å². The molecular weight excluding hydrogens is 229 g/mol. The fourth-order valence-electron chi connectivity index (χ4n) is 1.73. The number of rotatable bonds is 2. The predicted octanol–water partition coefficient (Wildman–Crippen LogP) is 3.30. The van der Waals surface area contributed by atoms with Crippen LogP contribution in [-0.4, -0.2) is 9.97 Å². The lowest BCUT2D eigenvalue weighted by atomic mass is 10.1. The summed E-state index contributed by atoms with van der Waals surface area (Å²) in [6.45, 7) is 5.77. The molecule has 0 radical (unpaired) electrons. The molecule has 0 saturated carbocycles. The number of halogens is 1. The molecule has 1 heterocycles. The first-order valence-electron chi connectivity index (χ1n) is 5.89. The van der Waals surface area contributed by atoms with Gasteiger partial charge in [-0.3, -0.25) is 0 Å². The van der Waals surface area contributed by atoms with Crippen LogP contribution in [0.15, 0.2) is 24.3 Å². The summed E-state index contributed by atoms with van der Waals surface area (Å²) in [7, 11) is 0. The molecule has 0 saturated heterocycles. The highest BCUT2D eigenvalue weighted by molar-refractivity contribution is 5.67. The van der Waals surface area contributed by atoms with Crippen molar-refractivity contribution in [1.82, 2.24) is 9.97 Å². The van der Waals surface area contributed by atoms with Crippen molar-refractivity contribution < 1.29 is 4.39 Å². The summed E-state index contributed by atoms with van der Waals surface area (Å²) >= 11 is 0. The number of hydrogen-bond acceptors (Lipinski definition) is 3. The normalized spacial score (nSPS) is 10.9. The van der Waals surface area contributed by atoms with Crippen molar-refractivity contribution >= 4 is 5.82 Å². The van der Waals surface area contributed by atoms with Crippen LogP contribution < -0.4 is 5.73 Å². The van der Waals surface area contributed by atoms with Crippen molar-refractivity contribution in [3.8, 4) is 11.3 Å². The van der Waals surface area contributed by atoms with Crippen molar-refractivity contribution in [2.24, 2.45) is 0 Å². The molecule has 0 aliphatic heterocycles. The van der Waals surface area contributed by atoms with Gasteiger partial charge in [0, 0.05) is 17.0 Å². The number of benzene rings is 1. The molecule has 0 bridgehead atoms. The van der Waals surface area contributed by atoms with Crippen LogP contribution in [0.3, 0.4) is 0 Å². The second-order valence-corrected chi connectivity index (χ2v) is 4.58. The minimum absolute atomic E-state index is 0.151. The second-order valence-electron chi connectivity index (χ2n) is 4.58. The zero-order valence-electron chi connectivity index (χ0n) is 10.7. The molecule has 0 fully saturated rings. The molecule has 0 unspecified atom stereocenters. The fraction of sp³-hybridized carbons (Fsp3) is 0.286. The third kappa shape index (κ3) is 2.18. The van der Waals surface area contributed by atoms with Crippen LogP contribution in [-0.2, 0) is 0 Å². The summed E-state index contributed by atoms with van der Waals surface area (Å²) < 4.78 is 13.8. The smallest absolute Gasteiger partial charge is 0.133 e. The number of nitrogen functional groups attached to an aromatic ring is 1. The van der Waals surface area contributed by atoms with Gasteiger partial charge in [0.05, 0.1) is 5.69 Å². The molecule has 4 heteroatoms. The number of aromatic nitrogens is 2. The van der Waals surface area contributed by atoms with E-state index in [1.54, 1.807) is 25.1 Å². The zero-order valence-corrected chi connectivity index (χ0v) is 10.7. The van der Waals surface area contributed by atoms with Crippen LogP contribution in [0.2, 0.25) is 0 Å². The second kappa shape index (κ2) is 4.72. The Bertz CT molecular complexity index is 579. The monoisotopic (exact) mass is 245 g/mol. The van der Waals surface area contributed by atoms with Gasteiger partial charge in [-0.2, -0.15) is 0 Å². The Labute approximate surface area is 106 Å². The maximum Gasteiger partial charge on any atom is 0.133 e. The van der Waals surface area contributed by atoms with Gasteiger partial charge < -0.3 is 5.73 Å². The van der Waals surface area contributed by atoms with Crippen LogP contribution in [0.5, 0.6) is 0 Å². The van der Waals surface area contributed by atoms with Gasteiger partial charge in [-0.15, -0.1) is 0 Å². The largest absolute Gasteiger partial charge is 0.383 e. The van der Waals surface area contributed by atoms with Crippen LogP contribution in [0.4, 0.5) is 10.2 Å². The SMILES string of the molecule is Cc1c(N)nc(C(C)C)nc1-c1ccccc1F. The minimum atomic E-state index is -0.298. The van der Waals surface area contributed by atoms with E-state index >= 15 is 0 Å². The molecule has 94 valence electrons. The molecule has 2 N–H and O–H groups in total. The number of hydrogen-bond donors (Lipinski definition) is 1. The third-order valence-corrected chi connectivity index (χ3v) is 2.85. The quantitative estimate of drug-likeness (QED) is 0.883. The average molecular weight is 245 g/mol. The van der Waals surface area contributed by atoms with Gasteiger partial charge in [-0.25, -0.2) is 14.4 Å². The number of nitrogens with two attached hydrogens (primary N) is 1. The summed E-state index contributed by atoms with van der Waals surface area (Å²) in [6.07, 6.45) is 0. The molecule has 0 aliphatic carbocycles.